The van der Waals surface area contributed by atoms with Crippen molar-refractivity contribution in [2.45, 2.75) is 12.6 Å². The summed E-state index contributed by atoms with van der Waals surface area (Å²) in [6.45, 7) is 1.26. The van der Waals surface area contributed by atoms with Gasteiger partial charge in [-0.2, -0.15) is 0 Å². The molecule has 0 aliphatic carbocycles. The van der Waals surface area contributed by atoms with E-state index in [0.29, 0.717) is 13.2 Å². The van der Waals surface area contributed by atoms with Crippen molar-refractivity contribution in [2.24, 2.45) is 5.73 Å². The van der Waals surface area contributed by atoms with Crippen LogP contribution in [0.5, 0.6) is 5.75 Å². The van der Waals surface area contributed by atoms with Gasteiger partial charge in [0, 0.05) is 0 Å². The van der Waals surface area contributed by atoms with E-state index in [1.165, 1.54) is 5.56 Å². The number of ether oxygens (including phenoxy) is 2. The van der Waals surface area contributed by atoms with Crippen LogP contribution in [0.25, 0.3) is 0 Å². The second-order valence-electron chi connectivity index (χ2n) is 3.19. The molecule has 0 amide bonds. The van der Waals surface area contributed by atoms with E-state index in [1.807, 2.05) is 18.2 Å². The van der Waals surface area contributed by atoms with E-state index < -0.39 is 0 Å². The first-order valence-electron chi connectivity index (χ1n) is 4.31. The van der Waals surface area contributed by atoms with E-state index in [-0.39, 0.29) is 6.04 Å². The van der Waals surface area contributed by atoms with Gasteiger partial charge in [0.05, 0.1) is 26.4 Å². The minimum atomic E-state index is -0.0150. The molecule has 1 aliphatic rings. The van der Waals surface area contributed by atoms with Gasteiger partial charge in [0.15, 0.2) is 0 Å². The molecule has 1 heterocycles. The molecule has 0 unspecified atom stereocenters. The standard InChI is InChI=1S/C10H13NO2/c1-12-8-3-2-7-5-13-6-10(11)9(7)4-8/h2-4,10H,5-6,11H2,1H3/t10-/m1/s1. The molecule has 0 spiro atoms. The summed E-state index contributed by atoms with van der Waals surface area (Å²) in [6.07, 6.45) is 0. The molecule has 70 valence electrons. The third-order valence-electron chi connectivity index (χ3n) is 2.31. The second-order valence-corrected chi connectivity index (χ2v) is 3.19. The highest BCUT2D eigenvalue weighted by Gasteiger charge is 2.17. The molecular formula is C10H13NO2. The Labute approximate surface area is 77.5 Å². The monoisotopic (exact) mass is 179 g/mol. The SMILES string of the molecule is COc1ccc2c(c1)[C@H](N)COC2. The molecule has 1 atom stereocenters. The Balaban J connectivity index is 2.41. The lowest BCUT2D eigenvalue weighted by Crippen LogP contribution is -2.23. The maximum absolute atomic E-state index is 5.89. The number of fused-ring (bicyclic) bond motifs is 1. The summed E-state index contributed by atoms with van der Waals surface area (Å²) in [5, 5.41) is 0. The zero-order chi connectivity index (χ0) is 9.26. The fraction of sp³-hybridized carbons (Fsp3) is 0.400. The zero-order valence-corrected chi connectivity index (χ0v) is 7.62. The average Bonchev–Trinajstić information content (AvgIpc) is 2.18. The van der Waals surface area contributed by atoms with Crippen LogP contribution in [0, 0.1) is 0 Å². The molecule has 1 aliphatic heterocycles. The summed E-state index contributed by atoms with van der Waals surface area (Å²) in [7, 11) is 1.66. The normalized spacial score (nSPS) is 20.9. The van der Waals surface area contributed by atoms with Crippen molar-refractivity contribution in [3.05, 3.63) is 29.3 Å². The molecule has 1 aromatic rings. The number of methoxy groups -OCH3 is 1. The highest BCUT2D eigenvalue weighted by molar-refractivity contribution is 5.38. The minimum absolute atomic E-state index is 0.0150. The van der Waals surface area contributed by atoms with Gasteiger partial charge in [0.1, 0.15) is 5.75 Å². The number of rotatable bonds is 1. The Bertz CT molecular complexity index is 312. The van der Waals surface area contributed by atoms with Gasteiger partial charge in [0.25, 0.3) is 0 Å². The minimum Gasteiger partial charge on any atom is -0.497 e. The van der Waals surface area contributed by atoms with Gasteiger partial charge in [-0.25, -0.2) is 0 Å². The van der Waals surface area contributed by atoms with Crippen LogP contribution in [-0.2, 0) is 11.3 Å². The Kier molecular flexibility index (Phi) is 2.20. The molecule has 3 nitrogen and oxygen atoms in total. The fourth-order valence-corrected chi connectivity index (χ4v) is 1.56. The largest absolute Gasteiger partial charge is 0.497 e. The Morgan fingerprint density at radius 3 is 3.15 bits per heavy atom. The third kappa shape index (κ3) is 1.53. The molecule has 0 radical (unpaired) electrons. The molecule has 1 aromatic carbocycles. The van der Waals surface area contributed by atoms with E-state index in [1.54, 1.807) is 7.11 Å². The van der Waals surface area contributed by atoms with E-state index in [4.69, 9.17) is 15.2 Å². The highest BCUT2D eigenvalue weighted by atomic mass is 16.5. The molecule has 0 bridgehead atoms. The van der Waals surface area contributed by atoms with Crippen molar-refractivity contribution >= 4 is 0 Å². The maximum Gasteiger partial charge on any atom is 0.119 e. The summed E-state index contributed by atoms with van der Waals surface area (Å²) in [5.41, 5.74) is 8.20. The van der Waals surface area contributed by atoms with E-state index in [9.17, 15) is 0 Å². The highest BCUT2D eigenvalue weighted by Crippen LogP contribution is 2.26. The second kappa shape index (κ2) is 3.36. The van der Waals surface area contributed by atoms with Crippen molar-refractivity contribution in [3.63, 3.8) is 0 Å². The van der Waals surface area contributed by atoms with Crippen molar-refractivity contribution in [1.29, 1.82) is 0 Å². The molecule has 3 heteroatoms. The topological polar surface area (TPSA) is 44.5 Å². The number of nitrogens with two attached hydrogens (primary N) is 1. The summed E-state index contributed by atoms with van der Waals surface area (Å²) in [5.74, 6) is 0.858. The Morgan fingerprint density at radius 1 is 1.54 bits per heavy atom. The van der Waals surface area contributed by atoms with Gasteiger partial charge in [0.2, 0.25) is 0 Å². The van der Waals surface area contributed by atoms with Gasteiger partial charge in [-0.3, -0.25) is 0 Å². The van der Waals surface area contributed by atoms with Gasteiger partial charge in [-0.1, -0.05) is 6.07 Å². The van der Waals surface area contributed by atoms with Crippen molar-refractivity contribution < 1.29 is 9.47 Å². The van der Waals surface area contributed by atoms with Crippen LogP contribution >= 0.6 is 0 Å². The molecule has 0 fully saturated rings. The van der Waals surface area contributed by atoms with Crippen LogP contribution in [0.15, 0.2) is 18.2 Å². The molecular weight excluding hydrogens is 166 g/mol. The lowest BCUT2D eigenvalue weighted by molar-refractivity contribution is 0.0922. The molecule has 2 rings (SSSR count). The number of benzene rings is 1. The average molecular weight is 179 g/mol. The van der Waals surface area contributed by atoms with Gasteiger partial charge < -0.3 is 15.2 Å². The number of hydrogen-bond acceptors (Lipinski definition) is 3. The predicted molar refractivity (Wildman–Crippen MR) is 49.6 cm³/mol. The van der Waals surface area contributed by atoms with Crippen molar-refractivity contribution in [1.82, 2.24) is 0 Å². The van der Waals surface area contributed by atoms with E-state index in [2.05, 4.69) is 0 Å². The van der Waals surface area contributed by atoms with Crippen LogP contribution in [0.4, 0.5) is 0 Å². The fourth-order valence-electron chi connectivity index (χ4n) is 1.56. The van der Waals surface area contributed by atoms with Crippen LogP contribution in [0.1, 0.15) is 17.2 Å². The predicted octanol–water partition coefficient (Wildman–Crippen LogP) is 1.23. The summed E-state index contributed by atoms with van der Waals surface area (Å²) in [4.78, 5) is 0. The maximum atomic E-state index is 5.89. The third-order valence-corrected chi connectivity index (χ3v) is 2.31. The van der Waals surface area contributed by atoms with Crippen LogP contribution in [-0.4, -0.2) is 13.7 Å². The van der Waals surface area contributed by atoms with Crippen molar-refractivity contribution in [3.8, 4) is 5.75 Å². The first-order valence-corrected chi connectivity index (χ1v) is 4.31. The molecule has 13 heavy (non-hydrogen) atoms. The molecule has 0 aromatic heterocycles. The number of hydrogen-bond donors (Lipinski definition) is 1. The molecule has 0 saturated heterocycles. The van der Waals surface area contributed by atoms with Gasteiger partial charge in [-0.05, 0) is 23.3 Å². The van der Waals surface area contributed by atoms with Gasteiger partial charge in [-0.15, -0.1) is 0 Å². The lowest BCUT2D eigenvalue weighted by Gasteiger charge is -2.22. The molecule has 2 N–H and O–H groups in total. The van der Waals surface area contributed by atoms with E-state index >= 15 is 0 Å². The summed E-state index contributed by atoms with van der Waals surface area (Å²) >= 11 is 0. The van der Waals surface area contributed by atoms with Gasteiger partial charge >= 0.3 is 0 Å². The van der Waals surface area contributed by atoms with Crippen LogP contribution < -0.4 is 10.5 Å². The Hall–Kier alpha value is -1.06. The zero-order valence-electron chi connectivity index (χ0n) is 7.62. The summed E-state index contributed by atoms with van der Waals surface area (Å²) in [6, 6.07) is 5.91. The van der Waals surface area contributed by atoms with Crippen LogP contribution in [0.3, 0.4) is 0 Å². The van der Waals surface area contributed by atoms with E-state index in [0.717, 1.165) is 11.3 Å². The first-order chi connectivity index (χ1) is 6.31. The summed E-state index contributed by atoms with van der Waals surface area (Å²) < 4.78 is 10.4. The van der Waals surface area contributed by atoms with Crippen molar-refractivity contribution in [2.75, 3.05) is 13.7 Å². The quantitative estimate of drug-likeness (QED) is 0.705. The van der Waals surface area contributed by atoms with Crippen LogP contribution in [0.2, 0.25) is 0 Å². The lowest BCUT2D eigenvalue weighted by atomic mass is 9.99. The first kappa shape index (κ1) is 8.53. The molecule has 0 saturated carbocycles. The smallest absolute Gasteiger partial charge is 0.119 e. The Morgan fingerprint density at radius 2 is 2.38 bits per heavy atom.